The molecule has 0 unspecified atom stereocenters. The minimum absolute atomic E-state index is 0.0972. The quantitative estimate of drug-likeness (QED) is 0.749. The zero-order valence-corrected chi connectivity index (χ0v) is 15.1. The van der Waals surface area contributed by atoms with E-state index in [4.69, 9.17) is 4.74 Å². The summed E-state index contributed by atoms with van der Waals surface area (Å²) in [6, 6.07) is 7.63. The lowest BCUT2D eigenvalue weighted by Gasteiger charge is -2.30. The van der Waals surface area contributed by atoms with Gasteiger partial charge in [-0.3, -0.25) is 4.79 Å². The van der Waals surface area contributed by atoms with E-state index < -0.39 is 10.0 Å². The molecule has 0 aliphatic carbocycles. The molecule has 1 fully saturated rings. The van der Waals surface area contributed by atoms with Crippen molar-refractivity contribution in [1.29, 1.82) is 0 Å². The van der Waals surface area contributed by atoms with Gasteiger partial charge in [0, 0.05) is 32.3 Å². The Bertz CT molecular complexity index is 635. The Labute approximate surface area is 144 Å². The van der Waals surface area contributed by atoms with Crippen LogP contribution in [0.15, 0.2) is 24.3 Å². The van der Waals surface area contributed by atoms with Crippen LogP contribution in [0.1, 0.15) is 28.8 Å². The van der Waals surface area contributed by atoms with Crippen molar-refractivity contribution in [1.82, 2.24) is 9.62 Å². The van der Waals surface area contributed by atoms with E-state index in [1.54, 1.807) is 11.4 Å². The molecule has 6 nitrogen and oxygen atoms in total. The lowest BCUT2D eigenvalue weighted by Crippen LogP contribution is -2.38. The van der Waals surface area contributed by atoms with Gasteiger partial charge >= 0.3 is 0 Å². The van der Waals surface area contributed by atoms with E-state index in [1.807, 2.05) is 24.3 Å². The topological polar surface area (TPSA) is 75.7 Å². The molecule has 0 aromatic heterocycles. The maximum absolute atomic E-state index is 11.9. The molecule has 1 aliphatic rings. The molecule has 0 radical (unpaired) electrons. The van der Waals surface area contributed by atoms with Crippen molar-refractivity contribution >= 4 is 15.9 Å². The second kappa shape index (κ2) is 8.60. The molecule has 0 saturated carbocycles. The predicted molar refractivity (Wildman–Crippen MR) is 93.5 cm³/mol. The van der Waals surface area contributed by atoms with Gasteiger partial charge in [-0.2, -0.15) is 0 Å². The van der Waals surface area contributed by atoms with Crippen LogP contribution in [0, 0.1) is 5.92 Å². The number of ether oxygens (including phenoxy) is 1. The zero-order chi connectivity index (χ0) is 17.6. The number of carbonyl (C=O) groups excluding carboxylic acids is 1. The van der Waals surface area contributed by atoms with Crippen LogP contribution in [0.2, 0.25) is 0 Å². The number of nitrogens with one attached hydrogen (secondary N) is 1. The first-order valence-electron chi connectivity index (χ1n) is 8.21. The van der Waals surface area contributed by atoms with Gasteiger partial charge in [-0.05, 0) is 42.9 Å². The number of methoxy groups -OCH3 is 1. The summed E-state index contributed by atoms with van der Waals surface area (Å²) in [6.07, 6.45) is 3.95. The molecular weight excluding hydrogens is 328 g/mol. The average Bonchev–Trinajstić information content (AvgIpc) is 2.55. The third kappa shape index (κ3) is 5.58. The number of rotatable bonds is 7. The molecule has 1 saturated heterocycles. The van der Waals surface area contributed by atoms with Gasteiger partial charge in [0.15, 0.2) is 0 Å². The van der Waals surface area contributed by atoms with Crippen molar-refractivity contribution in [3.05, 3.63) is 35.4 Å². The van der Waals surface area contributed by atoms with Crippen LogP contribution in [0.4, 0.5) is 0 Å². The van der Waals surface area contributed by atoms with Gasteiger partial charge in [0.25, 0.3) is 5.91 Å². The van der Waals surface area contributed by atoms with Gasteiger partial charge in [0.1, 0.15) is 0 Å². The van der Waals surface area contributed by atoms with Crippen LogP contribution >= 0.6 is 0 Å². The SMILES string of the molecule is COCCNC(=O)c1ccc(CC2CCN(S(C)(=O)=O)CC2)cc1. The summed E-state index contributed by atoms with van der Waals surface area (Å²) in [5, 5.41) is 2.79. The predicted octanol–water partition coefficient (Wildman–Crippen LogP) is 1.28. The fraction of sp³-hybridized carbons (Fsp3) is 0.588. The van der Waals surface area contributed by atoms with Gasteiger partial charge in [-0.15, -0.1) is 0 Å². The Hall–Kier alpha value is -1.44. The third-order valence-electron chi connectivity index (χ3n) is 4.37. The molecule has 1 aromatic carbocycles. The van der Waals surface area contributed by atoms with Crippen molar-refractivity contribution in [2.45, 2.75) is 19.3 Å². The van der Waals surface area contributed by atoms with E-state index in [9.17, 15) is 13.2 Å². The molecule has 1 heterocycles. The molecule has 0 atom stereocenters. The Morgan fingerprint density at radius 1 is 1.25 bits per heavy atom. The number of hydrogen-bond donors (Lipinski definition) is 1. The van der Waals surface area contributed by atoms with Gasteiger partial charge in [-0.25, -0.2) is 12.7 Å². The van der Waals surface area contributed by atoms with E-state index >= 15 is 0 Å². The first-order valence-corrected chi connectivity index (χ1v) is 10.1. The number of hydrogen-bond acceptors (Lipinski definition) is 4. The van der Waals surface area contributed by atoms with E-state index in [2.05, 4.69) is 5.32 Å². The van der Waals surface area contributed by atoms with Crippen LogP contribution in [0.3, 0.4) is 0 Å². The third-order valence-corrected chi connectivity index (χ3v) is 5.68. The highest BCUT2D eigenvalue weighted by Crippen LogP contribution is 2.23. The number of amides is 1. The maximum Gasteiger partial charge on any atom is 0.251 e. The highest BCUT2D eigenvalue weighted by molar-refractivity contribution is 7.88. The van der Waals surface area contributed by atoms with Crippen molar-refractivity contribution in [2.75, 3.05) is 39.6 Å². The van der Waals surface area contributed by atoms with Crippen LogP contribution in [0.5, 0.6) is 0 Å². The van der Waals surface area contributed by atoms with Gasteiger partial charge in [0.2, 0.25) is 10.0 Å². The van der Waals surface area contributed by atoms with Crippen LogP contribution < -0.4 is 5.32 Å². The number of benzene rings is 1. The van der Waals surface area contributed by atoms with E-state index in [0.29, 0.717) is 37.7 Å². The molecule has 0 bridgehead atoms. The highest BCUT2D eigenvalue weighted by Gasteiger charge is 2.24. The molecule has 24 heavy (non-hydrogen) atoms. The Morgan fingerprint density at radius 3 is 2.42 bits per heavy atom. The maximum atomic E-state index is 11.9. The van der Waals surface area contributed by atoms with Gasteiger partial charge in [0.05, 0.1) is 12.9 Å². The second-order valence-corrected chi connectivity index (χ2v) is 8.24. The van der Waals surface area contributed by atoms with Crippen molar-refractivity contribution in [3.8, 4) is 0 Å². The molecule has 1 N–H and O–H groups in total. The monoisotopic (exact) mass is 354 g/mol. The first kappa shape index (κ1) is 18.9. The number of piperidine rings is 1. The average molecular weight is 354 g/mol. The zero-order valence-electron chi connectivity index (χ0n) is 14.3. The summed E-state index contributed by atoms with van der Waals surface area (Å²) < 4.78 is 29.5. The summed E-state index contributed by atoms with van der Waals surface area (Å²) >= 11 is 0. The van der Waals surface area contributed by atoms with E-state index in [0.717, 1.165) is 19.3 Å². The summed E-state index contributed by atoms with van der Waals surface area (Å²) in [6.45, 7) is 2.19. The number of sulfonamides is 1. The summed E-state index contributed by atoms with van der Waals surface area (Å²) in [4.78, 5) is 11.9. The van der Waals surface area contributed by atoms with Crippen LogP contribution in [0.25, 0.3) is 0 Å². The number of carbonyl (C=O) groups is 1. The molecule has 7 heteroatoms. The lowest BCUT2D eigenvalue weighted by atomic mass is 9.91. The van der Waals surface area contributed by atoms with Crippen molar-refractivity contribution in [3.63, 3.8) is 0 Å². The fourth-order valence-corrected chi connectivity index (χ4v) is 3.81. The largest absolute Gasteiger partial charge is 0.383 e. The summed E-state index contributed by atoms with van der Waals surface area (Å²) in [7, 11) is -1.47. The first-order chi connectivity index (χ1) is 11.4. The molecule has 1 aromatic rings. The Balaban J connectivity index is 1.83. The highest BCUT2D eigenvalue weighted by atomic mass is 32.2. The van der Waals surface area contributed by atoms with Crippen molar-refractivity contribution < 1.29 is 17.9 Å². The Morgan fingerprint density at radius 2 is 1.88 bits per heavy atom. The van der Waals surface area contributed by atoms with Crippen LogP contribution in [-0.4, -0.2) is 58.2 Å². The molecule has 134 valence electrons. The van der Waals surface area contributed by atoms with E-state index in [1.165, 1.54) is 11.8 Å². The summed E-state index contributed by atoms with van der Waals surface area (Å²) in [5.41, 5.74) is 1.82. The molecular formula is C17H26N2O4S. The van der Waals surface area contributed by atoms with Crippen LogP contribution in [-0.2, 0) is 21.2 Å². The van der Waals surface area contributed by atoms with Gasteiger partial charge < -0.3 is 10.1 Å². The normalized spacial score (nSPS) is 16.9. The smallest absolute Gasteiger partial charge is 0.251 e. The fourth-order valence-electron chi connectivity index (χ4n) is 2.94. The van der Waals surface area contributed by atoms with Gasteiger partial charge in [-0.1, -0.05) is 12.1 Å². The number of nitrogens with zero attached hydrogens (tertiary/aromatic N) is 1. The molecule has 0 spiro atoms. The lowest BCUT2D eigenvalue weighted by molar-refractivity contribution is 0.0937. The molecule has 1 aliphatic heterocycles. The molecule has 2 rings (SSSR count). The standard InChI is InChI=1S/C17H26N2O4S/c1-23-12-9-18-17(20)16-5-3-14(4-6-16)13-15-7-10-19(11-8-15)24(2,21)22/h3-6,15H,7-13H2,1-2H3,(H,18,20). The second-order valence-electron chi connectivity index (χ2n) is 6.26. The van der Waals surface area contributed by atoms with Crippen molar-refractivity contribution in [2.24, 2.45) is 5.92 Å². The Kier molecular flexibility index (Phi) is 6.77. The van der Waals surface area contributed by atoms with E-state index in [-0.39, 0.29) is 5.91 Å². The minimum Gasteiger partial charge on any atom is -0.383 e. The molecule has 1 amide bonds. The summed E-state index contributed by atoms with van der Waals surface area (Å²) in [5.74, 6) is 0.393. The minimum atomic E-state index is -3.07.